The zero-order valence-corrected chi connectivity index (χ0v) is 21.7. The molecule has 0 saturated carbocycles. The van der Waals surface area contributed by atoms with Crippen molar-refractivity contribution in [2.24, 2.45) is 11.5 Å². The van der Waals surface area contributed by atoms with Crippen molar-refractivity contribution in [1.29, 1.82) is 5.41 Å². The summed E-state index contributed by atoms with van der Waals surface area (Å²) in [5, 5.41) is 20.5. The Hall–Kier alpha value is -4.85. The van der Waals surface area contributed by atoms with Gasteiger partial charge in [-0.3, -0.25) is 15.0 Å². The molecule has 14 nitrogen and oxygen atoms in total. The van der Waals surface area contributed by atoms with Crippen LogP contribution in [0.2, 0.25) is 0 Å². The van der Waals surface area contributed by atoms with Gasteiger partial charge < -0.3 is 35.7 Å². The van der Waals surface area contributed by atoms with Crippen LogP contribution < -0.4 is 35.7 Å². The number of fused-ring (bicyclic) bond motifs is 1. The molecule has 1 amide bonds. The second-order valence-electron chi connectivity index (χ2n) is 8.51. The van der Waals surface area contributed by atoms with Crippen molar-refractivity contribution in [3.05, 3.63) is 57.1 Å². The third kappa shape index (κ3) is 6.93. The van der Waals surface area contributed by atoms with Crippen molar-refractivity contribution >= 4 is 29.4 Å². The molecule has 1 aliphatic rings. The van der Waals surface area contributed by atoms with E-state index in [9.17, 15) is 19.7 Å². The molecule has 208 valence electrons. The minimum absolute atomic E-state index is 0.0396. The van der Waals surface area contributed by atoms with E-state index in [0.717, 1.165) is 0 Å². The number of ether oxygens (including phenoxy) is 4. The van der Waals surface area contributed by atoms with Crippen molar-refractivity contribution in [1.82, 2.24) is 5.01 Å². The lowest BCUT2D eigenvalue weighted by atomic mass is 10.0. The summed E-state index contributed by atoms with van der Waals surface area (Å²) in [6, 6.07) is 7.17. The van der Waals surface area contributed by atoms with Crippen LogP contribution >= 0.6 is 0 Å². The zero-order valence-electron chi connectivity index (χ0n) is 21.7. The van der Waals surface area contributed by atoms with E-state index >= 15 is 0 Å². The number of hydrazine groups is 1. The molecule has 0 aromatic heterocycles. The summed E-state index contributed by atoms with van der Waals surface area (Å²) in [7, 11) is 2.91. The highest BCUT2D eigenvalue weighted by atomic mass is 16.7. The number of carbonyl (C=O) groups excluding carboxylic acids is 2. The van der Waals surface area contributed by atoms with Crippen LogP contribution in [-0.4, -0.2) is 61.3 Å². The highest BCUT2D eigenvalue weighted by Crippen LogP contribution is 2.42. The van der Waals surface area contributed by atoms with Crippen LogP contribution in [0.3, 0.4) is 0 Å². The second kappa shape index (κ2) is 12.6. The number of amides is 1. The quantitative estimate of drug-likeness (QED) is 0.0763. The highest BCUT2D eigenvalue weighted by Gasteiger charge is 2.23. The Labute approximate surface area is 224 Å². The van der Waals surface area contributed by atoms with Gasteiger partial charge in [0.2, 0.25) is 18.4 Å². The molecule has 2 aromatic rings. The van der Waals surface area contributed by atoms with Crippen LogP contribution in [0, 0.1) is 15.5 Å². The van der Waals surface area contributed by atoms with Gasteiger partial charge in [-0.1, -0.05) is 11.1 Å². The summed E-state index contributed by atoms with van der Waals surface area (Å²) < 4.78 is 21.4. The molecule has 39 heavy (non-hydrogen) atoms. The van der Waals surface area contributed by atoms with Gasteiger partial charge in [-0.15, -0.1) is 0 Å². The van der Waals surface area contributed by atoms with Crippen molar-refractivity contribution in [2.75, 3.05) is 32.9 Å². The number of hydrogen-bond donors (Lipinski definition) is 4. The van der Waals surface area contributed by atoms with Crippen LogP contribution in [0.1, 0.15) is 35.7 Å². The lowest BCUT2D eigenvalue weighted by Gasteiger charge is -2.16. The largest absolute Gasteiger partial charge is 0.495 e. The molecule has 6 N–H and O–H groups in total. The smallest absolute Gasteiger partial charge is 0.251 e. The van der Waals surface area contributed by atoms with Crippen molar-refractivity contribution in [3.63, 3.8) is 0 Å². The Morgan fingerprint density at radius 2 is 1.95 bits per heavy atom. The first-order valence-electron chi connectivity index (χ1n) is 11.8. The number of nitrogens with one attached hydrogen (secondary N) is 2. The van der Waals surface area contributed by atoms with Crippen molar-refractivity contribution in [3.8, 4) is 23.0 Å². The first-order chi connectivity index (χ1) is 18.5. The summed E-state index contributed by atoms with van der Waals surface area (Å²) in [5.41, 5.74) is 12.9. The first-order valence-corrected chi connectivity index (χ1v) is 11.8. The van der Waals surface area contributed by atoms with E-state index in [1.165, 1.54) is 14.2 Å². The molecule has 0 spiro atoms. The van der Waals surface area contributed by atoms with E-state index < -0.39 is 22.9 Å². The number of Topliss-reactive ketones (excluding diaryl/α,β-unsaturated/α-hetero) is 1. The Kier molecular flexibility index (Phi) is 9.28. The van der Waals surface area contributed by atoms with Crippen molar-refractivity contribution < 1.29 is 33.6 Å². The number of hydrogen-bond acceptors (Lipinski definition) is 10. The van der Waals surface area contributed by atoms with E-state index in [0.29, 0.717) is 50.4 Å². The number of ketones is 1. The number of methoxy groups -OCH3 is 2. The summed E-state index contributed by atoms with van der Waals surface area (Å²) in [5.74, 6) is 0.114. The SMILES string of the molecule is COc1ccc(C=C(C)C(=O)c2cc(OC)c3c(c2)OCO3)cc1NC(=O)C(N)CCCN(C(=N)N)[N+](=O)[O-]. The van der Waals surface area contributed by atoms with Gasteiger partial charge in [0.05, 0.1) is 32.5 Å². The Morgan fingerprint density at radius 1 is 1.23 bits per heavy atom. The molecule has 0 saturated heterocycles. The minimum Gasteiger partial charge on any atom is -0.495 e. The molecule has 0 radical (unpaired) electrons. The third-order valence-corrected chi connectivity index (χ3v) is 5.84. The Balaban J connectivity index is 1.72. The van der Waals surface area contributed by atoms with Crippen molar-refractivity contribution in [2.45, 2.75) is 25.8 Å². The molecule has 1 heterocycles. The van der Waals surface area contributed by atoms with Gasteiger partial charge in [-0.25, -0.2) is 10.1 Å². The normalized spacial score (nSPS) is 12.9. The number of anilines is 1. The number of benzene rings is 2. The third-order valence-electron chi connectivity index (χ3n) is 5.84. The molecule has 3 rings (SSSR count). The number of nitrogens with two attached hydrogens (primary N) is 2. The van der Waals surface area contributed by atoms with Gasteiger partial charge in [0.25, 0.3) is 5.96 Å². The fourth-order valence-electron chi connectivity index (χ4n) is 3.82. The highest BCUT2D eigenvalue weighted by molar-refractivity contribution is 6.11. The second-order valence-corrected chi connectivity index (χ2v) is 8.51. The van der Waals surface area contributed by atoms with Gasteiger partial charge in [-0.2, -0.15) is 0 Å². The number of allylic oxidation sites excluding steroid dienone is 1. The number of carbonyl (C=O) groups is 2. The fourth-order valence-corrected chi connectivity index (χ4v) is 3.82. The Bertz CT molecular complexity index is 1300. The van der Waals surface area contributed by atoms with Crippen LogP contribution in [0.15, 0.2) is 35.9 Å². The number of guanidine groups is 1. The maximum atomic E-state index is 13.1. The topological polar surface area (TPSA) is 205 Å². The van der Waals surface area contributed by atoms with E-state index in [1.807, 2.05) is 0 Å². The molecule has 0 aliphatic carbocycles. The van der Waals surface area contributed by atoms with Gasteiger partial charge in [0.1, 0.15) is 5.75 Å². The number of rotatable bonds is 12. The van der Waals surface area contributed by atoms with E-state index in [2.05, 4.69) is 5.32 Å². The molecule has 2 aromatic carbocycles. The minimum atomic E-state index is -0.987. The average molecular weight is 543 g/mol. The summed E-state index contributed by atoms with van der Waals surface area (Å²) >= 11 is 0. The van der Waals surface area contributed by atoms with Gasteiger partial charge in [0.15, 0.2) is 22.3 Å². The fraction of sp³-hybridized carbons (Fsp3) is 0.320. The molecular formula is C25H30N6O8. The van der Waals surface area contributed by atoms with Crippen LogP contribution in [0.25, 0.3) is 6.08 Å². The standard InChI is InChI=1S/C25H30N6O8/c1-14(22(32)16-11-20(37-3)23-21(12-16)38-13-39-23)9-15-6-7-19(36-2)18(10-15)29-24(33)17(26)5-4-8-30(25(27)28)31(34)35/h6-7,9-12,17H,4-5,8,13,26H2,1-3H3,(H3,27,28)(H,29,33). The monoisotopic (exact) mass is 542 g/mol. The molecular weight excluding hydrogens is 512 g/mol. The first kappa shape index (κ1) is 28.7. The Morgan fingerprint density at radius 3 is 2.59 bits per heavy atom. The predicted octanol–water partition coefficient (Wildman–Crippen LogP) is 2.15. The number of nitrogens with zero attached hydrogens (tertiary/aromatic N) is 2. The maximum Gasteiger partial charge on any atom is 0.251 e. The summed E-state index contributed by atoms with van der Waals surface area (Å²) in [6.07, 6.45) is 1.92. The molecule has 1 aliphatic heterocycles. The van der Waals surface area contributed by atoms with Crippen LogP contribution in [0.4, 0.5) is 5.69 Å². The van der Waals surface area contributed by atoms with E-state index in [-0.39, 0.29) is 32.0 Å². The lowest BCUT2D eigenvalue weighted by molar-refractivity contribution is -0.629. The lowest BCUT2D eigenvalue weighted by Crippen LogP contribution is -2.42. The van der Waals surface area contributed by atoms with Crippen LogP contribution in [0.5, 0.6) is 23.0 Å². The molecule has 14 heteroatoms. The average Bonchev–Trinajstić information content (AvgIpc) is 3.38. The number of nitro groups is 1. The summed E-state index contributed by atoms with van der Waals surface area (Å²) in [4.78, 5) is 36.7. The van der Waals surface area contributed by atoms with Gasteiger partial charge in [-0.05, 0) is 61.2 Å². The summed E-state index contributed by atoms with van der Waals surface area (Å²) in [6.45, 7) is 1.53. The molecule has 0 bridgehead atoms. The van der Waals surface area contributed by atoms with Crippen LogP contribution in [-0.2, 0) is 4.79 Å². The van der Waals surface area contributed by atoms with Gasteiger partial charge in [0, 0.05) is 5.56 Å². The predicted molar refractivity (Wildman–Crippen MR) is 142 cm³/mol. The maximum absolute atomic E-state index is 13.1. The zero-order chi connectivity index (χ0) is 28.7. The molecule has 0 fully saturated rings. The van der Waals surface area contributed by atoms with E-state index in [1.54, 1.807) is 43.3 Å². The van der Waals surface area contributed by atoms with Gasteiger partial charge >= 0.3 is 0 Å². The molecule has 1 unspecified atom stereocenters. The molecule has 1 atom stereocenters. The van der Waals surface area contributed by atoms with E-state index in [4.69, 9.17) is 35.8 Å².